The molecule has 1 aliphatic rings. The Labute approximate surface area is 125 Å². The van der Waals surface area contributed by atoms with E-state index in [2.05, 4.69) is 0 Å². The van der Waals surface area contributed by atoms with Crippen molar-refractivity contribution < 1.29 is 18.3 Å². The lowest BCUT2D eigenvalue weighted by Crippen LogP contribution is -2.57. The first-order chi connectivity index (χ1) is 9.68. The molecule has 0 saturated carbocycles. The van der Waals surface area contributed by atoms with Crippen LogP contribution in [0.25, 0.3) is 0 Å². The van der Waals surface area contributed by atoms with Gasteiger partial charge in [-0.2, -0.15) is 4.31 Å². The van der Waals surface area contributed by atoms with Gasteiger partial charge in [0, 0.05) is 19.0 Å². The van der Waals surface area contributed by atoms with Gasteiger partial charge in [-0.15, -0.1) is 0 Å². The predicted molar refractivity (Wildman–Crippen MR) is 79.3 cm³/mol. The fourth-order valence-corrected chi connectivity index (χ4v) is 4.54. The van der Waals surface area contributed by atoms with Crippen LogP contribution in [0, 0.1) is 18.8 Å². The topological polar surface area (TPSA) is 74.7 Å². The third-order valence-electron chi connectivity index (χ3n) is 4.12. The lowest BCUT2D eigenvalue weighted by Gasteiger charge is -2.43. The van der Waals surface area contributed by atoms with Crippen LogP contribution in [0.5, 0.6) is 0 Å². The minimum absolute atomic E-state index is 0.0725. The Morgan fingerprint density at radius 2 is 1.90 bits per heavy atom. The van der Waals surface area contributed by atoms with Crippen LogP contribution >= 0.6 is 0 Å². The summed E-state index contributed by atoms with van der Waals surface area (Å²) in [6.45, 7) is 5.34. The van der Waals surface area contributed by atoms with Crippen molar-refractivity contribution in [2.75, 3.05) is 13.1 Å². The number of nitrogens with zero attached hydrogens (tertiary/aromatic N) is 1. The molecule has 5 nitrogen and oxygen atoms in total. The summed E-state index contributed by atoms with van der Waals surface area (Å²) >= 11 is 0. The molecule has 0 spiro atoms. The van der Waals surface area contributed by atoms with Gasteiger partial charge in [-0.3, -0.25) is 0 Å². The number of piperidine rings is 1. The standard InChI is InChI=1S/C15H21NO4S/c1-11-4-6-13(7-5-11)21(19,20)16-8-12(2)14(9-17)15(3,18)10-16/h4-7,9,12,14,18H,8,10H2,1-3H3/t12-,14?,15+/m0/s1. The summed E-state index contributed by atoms with van der Waals surface area (Å²) in [7, 11) is -3.66. The number of aryl methyl sites for hydroxylation is 1. The normalized spacial score (nSPS) is 31.0. The van der Waals surface area contributed by atoms with Crippen LogP contribution in [0.2, 0.25) is 0 Å². The molecule has 1 N–H and O–H groups in total. The van der Waals surface area contributed by atoms with E-state index in [1.807, 2.05) is 6.92 Å². The van der Waals surface area contributed by atoms with Crippen LogP contribution in [-0.2, 0) is 14.8 Å². The number of hydrogen-bond donors (Lipinski definition) is 1. The van der Waals surface area contributed by atoms with Gasteiger partial charge in [-0.25, -0.2) is 8.42 Å². The molecule has 1 unspecified atom stereocenters. The Bertz CT molecular complexity index is 622. The van der Waals surface area contributed by atoms with Gasteiger partial charge in [0.15, 0.2) is 0 Å². The molecule has 2 rings (SSSR count). The minimum Gasteiger partial charge on any atom is -0.388 e. The van der Waals surface area contributed by atoms with Crippen molar-refractivity contribution in [3.63, 3.8) is 0 Å². The molecule has 6 heteroatoms. The number of hydrogen-bond acceptors (Lipinski definition) is 4. The Hall–Kier alpha value is -1.24. The number of sulfonamides is 1. The second-order valence-corrected chi connectivity index (χ2v) is 8.04. The van der Waals surface area contributed by atoms with Crippen molar-refractivity contribution in [1.29, 1.82) is 0 Å². The monoisotopic (exact) mass is 311 g/mol. The van der Waals surface area contributed by atoms with Gasteiger partial charge in [0.25, 0.3) is 0 Å². The van der Waals surface area contributed by atoms with E-state index in [0.717, 1.165) is 11.8 Å². The smallest absolute Gasteiger partial charge is 0.243 e. The molecule has 0 bridgehead atoms. The van der Waals surface area contributed by atoms with E-state index in [-0.39, 0.29) is 23.9 Å². The second-order valence-electron chi connectivity index (χ2n) is 6.11. The van der Waals surface area contributed by atoms with Gasteiger partial charge in [-0.05, 0) is 31.9 Å². The fraction of sp³-hybridized carbons (Fsp3) is 0.533. The molecule has 1 aliphatic heterocycles. The summed E-state index contributed by atoms with van der Waals surface area (Å²) in [5.74, 6) is -0.784. The molecule has 1 saturated heterocycles. The van der Waals surface area contributed by atoms with E-state index in [0.29, 0.717) is 0 Å². The highest BCUT2D eigenvalue weighted by atomic mass is 32.2. The van der Waals surface area contributed by atoms with Crippen LogP contribution in [0.4, 0.5) is 0 Å². The number of rotatable bonds is 3. The minimum atomic E-state index is -3.66. The second kappa shape index (κ2) is 5.51. The lowest BCUT2D eigenvalue weighted by molar-refractivity contribution is -0.127. The third kappa shape index (κ3) is 3.02. The molecule has 1 aromatic carbocycles. The largest absolute Gasteiger partial charge is 0.388 e. The van der Waals surface area contributed by atoms with Crippen molar-refractivity contribution >= 4 is 16.3 Å². The maximum atomic E-state index is 12.7. The van der Waals surface area contributed by atoms with E-state index in [1.54, 1.807) is 31.2 Å². The van der Waals surface area contributed by atoms with Gasteiger partial charge in [0.05, 0.1) is 10.5 Å². The molecule has 21 heavy (non-hydrogen) atoms. The average molecular weight is 311 g/mol. The first kappa shape index (κ1) is 16.1. The Morgan fingerprint density at radius 3 is 2.38 bits per heavy atom. The summed E-state index contributed by atoms with van der Waals surface area (Å²) < 4.78 is 26.6. The molecule has 0 aromatic heterocycles. The summed E-state index contributed by atoms with van der Waals surface area (Å²) in [4.78, 5) is 11.3. The number of benzene rings is 1. The van der Waals surface area contributed by atoms with Crippen LogP contribution in [0.3, 0.4) is 0 Å². The third-order valence-corrected chi connectivity index (χ3v) is 5.95. The molecule has 3 atom stereocenters. The molecule has 0 radical (unpaired) electrons. The predicted octanol–water partition coefficient (Wildman–Crippen LogP) is 1.20. The van der Waals surface area contributed by atoms with Crippen molar-refractivity contribution in [1.82, 2.24) is 4.31 Å². The number of aliphatic hydroxyl groups is 1. The molecular weight excluding hydrogens is 290 g/mol. The van der Waals surface area contributed by atoms with E-state index in [1.165, 1.54) is 11.2 Å². The molecule has 0 amide bonds. The van der Waals surface area contributed by atoms with E-state index in [4.69, 9.17) is 0 Å². The summed E-state index contributed by atoms with van der Waals surface area (Å²) in [6, 6.07) is 6.62. The first-order valence-corrected chi connectivity index (χ1v) is 8.37. The number of β-amino-alcohol motifs (C(OH)–C–C–N with tert-alkyl or cyclic N) is 1. The average Bonchev–Trinajstić information content (AvgIpc) is 2.37. The van der Waals surface area contributed by atoms with Gasteiger partial charge >= 0.3 is 0 Å². The van der Waals surface area contributed by atoms with Crippen LogP contribution < -0.4 is 0 Å². The van der Waals surface area contributed by atoms with Crippen molar-refractivity contribution in [2.45, 2.75) is 31.3 Å². The zero-order valence-electron chi connectivity index (χ0n) is 12.5. The summed E-state index contributed by atoms with van der Waals surface area (Å²) in [5, 5.41) is 10.4. The zero-order valence-corrected chi connectivity index (χ0v) is 13.3. The highest BCUT2D eigenvalue weighted by Crippen LogP contribution is 2.33. The Morgan fingerprint density at radius 1 is 1.33 bits per heavy atom. The van der Waals surface area contributed by atoms with Gasteiger partial charge in [0.2, 0.25) is 10.0 Å². The van der Waals surface area contributed by atoms with E-state index >= 15 is 0 Å². The van der Waals surface area contributed by atoms with Crippen molar-refractivity contribution in [2.24, 2.45) is 11.8 Å². The van der Waals surface area contributed by atoms with Crippen molar-refractivity contribution in [3.05, 3.63) is 29.8 Å². The number of carbonyl (C=O) groups is 1. The Balaban J connectivity index is 2.34. The van der Waals surface area contributed by atoms with Crippen molar-refractivity contribution in [3.8, 4) is 0 Å². The fourth-order valence-electron chi connectivity index (χ4n) is 2.90. The highest BCUT2D eigenvalue weighted by Gasteiger charge is 2.45. The summed E-state index contributed by atoms with van der Waals surface area (Å²) in [5.41, 5.74) is -0.369. The molecule has 1 fully saturated rings. The van der Waals surface area contributed by atoms with Crippen LogP contribution in [-0.4, -0.2) is 42.8 Å². The molecule has 0 aliphatic carbocycles. The number of aldehydes is 1. The quantitative estimate of drug-likeness (QED) is 0.851. The van der Waals surface area contributed by atoms with E-state index < -0.39 is 21.5 Å². The van der Waals surface area contributed by atoms with E-state index in [9.17, 15) is 18.3 Å². The first-order valence-electron chi connectivity index (χ1n) is 6.93. The maximum absolute atomic E-state index is 12.7. The summed E-state index contributed by atoms with van der Waals surface area (Å²) in [6.07, 6.45) is 0.723. The maximum Gasteiger partial charge on any atom is 0.243 e. The zero-order chi connectivity index (χ0) is 15.8. The number of carbonyl (C=O) groups excluding carboxylic acids is 1. The Kier molecular flexibility index (Phi) is 4.24. The SMILES string of the molecule is Cc1ccc(S(=O)(=O)N2C[C@H](C)C(C=O)[C@](C)(O)C2)cc1. The van der Waals surface area contributed by atoms with Crippen LogP contribution in [0.15, 0.2) is 29.2 Å². The molecule has 1 aromatic rings. The molecule has 116 valence electrons. The van der Waals surface area contributed by atoms with Gasteiger partial charge in [0.1, 0.15) is 6.29 Å². The molecule has 1 heterocycles. The molecular formula is C15H21NO4S. The highest BCUT2D eigenvalue weighted by molar-refractivity contribution is 7.89. The lowest BCUT2D eigenvalue weighted by atomic mass is 9.78. The van der Waals surface area contributed by atoms with Crippen LogP contribution in [0.1, 0.15) is 19.4 Å². The van der Waals surface area contributed by atoms with Gasteiger partial charge < -0.3 is 9.90 Å². The van der Waals surface area contributed by atoms with Gasteiger partial charge in [-0.1, -0.05) is 24.6 Å².